The van der Waals surface area contributed by atoms with Crippen molar-refractivity contribution in [2.75, 3.05) is 13.2 Å². The van der Waals surface area contributed by atoms with Crippen LogP contribution in [0, 0.1) is 0 Å². The van der Waals surface area contributed by atoms with Gasteiger partial charge in [0.15, 0.2) is 0 Å². The predicted octanol–water partition coefficient (Wildman–Crippen LogP) is 3.04. The van der Waals surface area contributed by atoms with E-state index in [-0.39, 0.29) is 23.7 Å². The monoisotopic (exact) mass is 360 g/mol. The number of aromatic carboxylic acids is 1. The molecule has 1 aromatic heterocycles. The number of pyridine rings is 1. The van der Waals surface area contributed by atoms with Crippen molar-refractivity contribution in [3.05, 3.63) is 64.4 Å². The third-order valence-electron chi connectivity index (χ3n) is 4.14. The summed E-state index contributed by atoms with van der Waals surface area (Å²) in [6.45, 7) is 2.70. The molecule has 0 saturated carbocycles. The molecule has 1 fully saturated rings. The molecule has 1 amide bonds. The molecule has 2 unspecified atom stereocenters. The summed E-state index contributed by atoms with van der Waals surface area (Å²) >= 11 is 6.04. The van der Waals surface area contributed by atoms with Gasteiger partial charge in [-0.05, 0) is 36.8 Å². The zero-order chi connectivity index (χ0) is 18.0. The molecular formula is C18H17ClN2O4. The van der Waals surface area contributed by atoms with Crippen molar-refractivity contribution in [2.45, 2.75) is 19.1 Å². The lowest BCUT2D eigenvalue weighted by molar-refractivity contribution is -0.0486. The second-order valence-electron chi connectivity index (χ2n) is 5.92. The van der Waals surface area contributed by atoms with Crippen molar-refractivity contribution in [2.24, 2.45) is 0 Å². The van der Waals surface area contributed by atoms with Gasteiger partial charge in [0.2, 0.25) is 0 Å². The average Bonchev–Trinajstić information content (AvgIpc) is 2.61. The van der Waals surface area contributed by atoms with E-state index < -0.39 is 5.97 Å². The van der Waals surface area contributed by atoms with E-state index in [9.17, 15) is 9.59 Å². The fourth-order valence-electron chi connectivity index (χ4n) is 2.76. The maximum absolute atomic E-state index is 12.8. The van der Waals surface area contributed by atoms with Gasteiger partial charge in [0, 0.05) is 11.2 Å². The van der Waals surface area contributed by atoms with Crippen LogP contribution >= 0.6 is 11.6 Å². The number of carbonyl (C=O) groups is 2. The number of carbonyl (C=O) groups excluding carboxylic acids is 1. The van der Waals surface area contributed by atoms with Gasteiger partial charge in [-0.2, -0.15) is 0 Å². The second-order valence-corrected chi connectivity index (χ2v) is 6.36. The number of hydrogen-bond donors (Lipinski definition) is 1. The van der Waals surface area contributed by atoms with Crippen LogP contribution in [0.1, 0.15) is 39.4 Å². The summed E-state index contributed by atoms with van der Waals surface area (Å²) in [4.78, 5) is 29.2. The van der Waals surface area contributed by atoms with E-state index in [0.29, 0.717) is 23.7 Å². The minimum Gasteiger partial charge on any atom is -0.477 e. The number of carboxylic acid groups (broad SMARTS) is 1. The smallest absolute Gasteiger partial charge is 0.354 e. The predicted molar refractivity (Wildman–Crippen MR) is 91.8 cm³/mol. The molecule has 1 aliphatic heterocycles. The SMILES string of the molecule is CC1COC(c2cccc(Cl)c2)CN1C(=O)c1ccc(C(=O)O)nc1. The van der Waals surface area contributed by atoms with E-state index in [1.54, 1.807) is 11.0 Å². The van der Waals surface area contributed by atoms with Gasteiger partial charge in [0.25, 0.3) is 5.91 Å². The van der Waals surface area contributed by atoms with Crippen LogP contribution in [0.2, 0.25) is 5.02 Å². The molecule has 1 aromatic carbocycles. The Bertz CT molecular complexity index is 794. The van der Waals surface area contributed by atoms with Crippen molar-refractivity contribution in [1.82, 2.24) is 9.88 Å². The molecule has 0 aliphatic carbocycles. The first-order valence-electron chi connectivity index (χ1n) is 7.83. The minimum absolute atomic E-state index is 0.0941. The van der Waals surface area contributed by atoms with Gasteiger partial charge in [-0.15, -0.1) is 0 Å². The summed E-state index contributed by atoms with van der Waals surface area (Å²) in [6, 6.07) is 10.1. The lowest BCUT2D eigenvalue weighted by Crippen LogP contribution is -2.48. The largest absolute Gasteiger partial charge is 0.477 e. The highest BCUT2D eigenvalue weighted by Crippen LogP contribution is 2.27. The topological polar surface area (TPSA) is 79.7 Å². The molecule has 1 aliphatic rings. The lowest BCUT2D eigenvalue weighted by Gasteiger charge is -2.38. The van der Waals surface area contributed by atoms with Crippen LogP contribution < -0.4 is 0 Å². The maximum atomic E-state index is 12.8. The van der Waals surface area contributed by atoms with Gasteiger partial charge >= 0.3 is 5.97 Å². The Labute approximate surface area is 150 Å². The molecule has 0 radical (unpaired) electrons. The van der Waals surface area contributed by atoms with Crippen LogP contribution in [0.15, 0.2) is 42.6 Å². The Hall–Kier alpha value is -2.44. The third-order valence-corrected chi connectivity index (χ3v) is 4.38. The van der Waals surface area contributed by atoms with Crippen LogP contribution in [0.25, 0.3) is 0 Å². The zero-order valence-corrected chi connectivity index (χ0v) is 14.3. The number of rotatable bonds is 3. The number of aromatic nitrogens is 1. The number of morpholine rings is 1. The summed E-state index contributed by atoms with van der Waals surface area (Å²) in [5, 5.41) is 9.52. The number of carboxylic acids is 1. The highest BCUT2D eigenvalue weighted by atomic mass is 35.5. The molecule has 1 N–H and O–H groups in total. The Morgan fingerprint density at radius 3 is 2.76 bits per heavy atom. The first-order chi connectivity index (χ1) is 12.0. The summed E-state index contributed by atoms with van der Waals surface area (Å²) in [5.74, 6) is -1.33. The van der Waals surface area contributed by atoms with Gasteiger partial charge in [0.1, 0.15) is 11.8 Å². The van der Waals surface area contributed by atoms with Crippen molar-refractivity contribution >= 4 is 23.5 Å². The molecule has 2 atom stereocenters. The van der Waals surface area contributed by atoms with Crippen LogP contribution in [0.5, 0.6) is 0 Å². The number of amides is 1. The summed E-state index contributed by atoms with van der Waals surface area (Å²) < 4.78 is 5.85. The zero-order valence-electron chi connectivity index (χ0n) is 13.6. The van der Waals surface area contributed by atoms with Crippen LogP contribution in [0.4, 0.5) is 0 Å². The van der Waals surface area contributed by atoms with E-state index >= 15 is 0 Å². The number of benzene rings is 1. The van der Waals surface area contributed by atoms with Gasteiger partial charge in [0.05, 0.1) is 24.8 Å². The first kappa shape index (κ1) is 17.4. The fraction of sp³-hybridized carbons (Fsp3) is 0.278. The fourth-order valence-corrected chi connectivity index (χ4v) is 2.96. The van der Waals surface area contributed by atoms with E-state index in [1.807, 2.05) is 25.1 Å². The van der Waals surface area contributed by atoms with E-state index in [2.05, 4.69) is 4.98 Å². The number of hydrogen-bond acceptors (Lipinski definition) is 4. The number of halogens is 1. The molecule has 2 aromatic rings. The Morgan fingerprint density at radius 1 is 1.32 bits per heavy atom. The van der Waals surface area contributed by atoms with Crippen LogP contribution in [0.3, 0.4) is 0 Å². The highest BCUT2D eigenvalue weighted by molar-refractivity contribution is 6.30. The molecule has 0 spiro atoms. The third kappa shape index (κ3) is 3.81. The van der Waals surface area contributed by atoms with Crippen LogP contribution in [-0.4, -0.2) is 46.1 Å². The average molecular weight is 361 g/mol. The lowest BCUT2D eigenvalue weighted by atomic mass is 10.1. The van der Waals surface area contributed by atoms with Gasteiger partial charge in [-0.3, -0.25) is 4.79 Å². The molecule has 2 heterocycles. The number of ether oxygens (including phenoxy) is 1. The van der Waals surface area contributed by atoms with Gasteiger partial charge < -0.3 is 14.7 Å². The molecule has 0 bridgehead atoms. The molecular weight excluding hydrogens is 344 g/mol. The molecule has 130 valence electrons. The molecule has 7 heteroatoms. The highest BCUT2D eigenvalue weighted by Gasteiger charge is 2.31. The van der Waals surface area contributed by atoms with E-state index in [4.69, 9.17) is 21.4 Å². The first-order valence-corrected chi connectivity index (χ1v) is 8.21. The maximum Gasteiger partial charge on any atom is 0.354 e. The van der Waals surface area contributed by atoms with Crippen molar-refractivity contribution < 1.29 is 19.4 Å². The Morgan fingerprint density at radius 2 is 2.12 bits per heavy atom. The Kier molecular flexibility index (Phi) is 5.01. The quantitative estimate of drug-likeness (QED) is 0.910. The minimum atomic E-state index is -1.13. The summed E-state index contributed by atoms with van der Waals surface area (Å²) in [5.41, 5.74) is 1.17. The van der Waals surface area contributed by atoms with E-state index in [1.165, 1.54) is 18.3 Å². The molecule has 3 rings (SSSR count). The standard InChI is InChI=1S/C18H17ClN2O4/c1-11-10-25-16(12-3-2-4-14(19)7-12)9-21(11)17(22)13-5-6-15(18(23)24)20-8-13/h2-8,11,16H,9-10H2,1H3,(H,23,24). The van der Waals surface area contributed by atoms with Gasteiger partial charge in [-0.1, -0.05) is 23.7 Å². The van der Waals surface area contributed by atoms with Crippen LogP contribution in [-0.2, 0) is 4.74 Å². The Balaban J connectivity index is 1.79. The molecule has 1 saturated heterocycles. The second kappa shape index (κ2) is 7.21. The number of nitrogens with zero attached hydrogens (tertiary/aromatic N) is 2. The molecule has 6 nitrogen and oxygen atoms in total. The molecule has 25 heavy (non-hydrogen) atoms. The van der Waals surface area contributed by atoms with Crippen molar-refractivity contribution in [3.8, 4) is 0 Å². The van der Waals surface area contributed by atoms with Gasteiger partial charge in [-0.25, -0.2) is 9.78 Å². The van der Waals surface area contributed by atoms with Crippen molar-refractivity contribution in [3.63, 3.8) is 0 Å². The van der Waals surface area contributed by atoms with Crippen molar-refractivity contribution in [1.29, 1.82) is 0 Å². The summed E-state index contributed by atoms with van der Waals surface area (Å²) in [7, 11) is 0. The van der Waals surface area contributed by atoms with E-state index in [0.717, 1.165) is 5.56 Å². The normalized spacial score (nSPS) is 20.3. The summed E-state index contributed by atoms with van der Waals surface area (Å²) in [6.07, 6.45) is 1.03.